The number of carbonyl (C=O) groups excluding carboxylic acids is 2. The lowest BCUT2D eigenvalue weighted by Crippen LogP contribution is -2.49. The van der Waals surface area contributed by atoms with Crippen LogP contribution in [0.2, 0.25) is 0 Å². The van der Waals surface area contributed by atoms with Crippen molar-refractivity contribution >= 4 is 11.7 Å². The molecule has 2 aromatic rings. The monoisotopic (exact) mass is 299 g/mol. The Hall–Kier alpha value is -2.47. The molecule has 0 unspecified atom stereocenters. The number of pyridine rings is 1. The second kappa shape index (κ2) is 6.53. The standard InChI is InChI=1S/C16H17N3O3/c20-14(15-2-1-11-22-15)12-18-7-9-19(10-8-18)16(21)13-3-5-17-6-4-13/h1-6,11H,7-10,12H2. The number of carbonyl (C=O) groups is 2. The van der Waals surface area contributed by atoms with E-state index in [2.05, 4.69) is 4.98 Å². The van der Waals surface area contributed by atoms with Crippen molar-refractivity contribution in [1.29, 1.82) is 0 Å². The number of nitrogens with zero attached hydrogens (tertiary/aromatic N) is 3. The van der Waals surface area contributed by atoms with Crippen molar-refractivity contribution in [3.05, 3.63) is 54.2 Å². The molecular formula is C16H17N3O3. The minimum atomic E-state index is -0.0288. The van der Waals surface area contributed by atoms with Gasteiger partial charge in [-0.2, -0.15) is 0 Å². The van der Waals surface area contributed by atoms with Crippen LogP contribution in [0, 0.1) is 0 Å². The zero-order valence-corrected chi connectivity index (χ0v) is 12.1. The third-order valence-corrected chi connectivity index (χ3v) is 3.75. The zero-order chi connectivity index (χ0) is 15.4. The minimum Gasteiger partial charge on any atom is -0.461 e. The molecule has 1 amide bonds. The van der Waals surface area contributed by atoms with Crippen molar-refractivity contribution in [2.75, 3.05) is 32.7 Å². The van der Waals surface area contributed by atoms with Crippen molar-refractivity contribution in [1.82, 2.24) is 14.8 Å². The number of amides is 1. The first-order valence-electron chi connectivity index (χ1n) is 7.22. The molecule has 0 radical (unpaired) electrons. The van der Waals surface area contributed by atoms with Gasteiger partial charge in [0, 0.05) is 44.1 Å². The molecule has 1 saturated heterocycles. The SMILES string of the molecule is O=C(CN1CCN(C(=O)c2ccncc2)CC1)c1ccco1. The van der Waals surface area contributed by atoms with Gasteiger partial charge in [0.05, 0.1) is 12.8 Å². The molecule has 3 rings (SSSR count). The molecule has 0 saturated carbocycles. The Morgan fingerprint density at radius 3 is 2.45 bits per heavy atom. The van der Waals surface area contributed by atoms with E-state index in [-0.39, 0.29) is 11.7 Å². The van der Waals surface area contributed by atoms with Gasteiger partial charge in [-0.25, -0.2) is 0 Å². The van der Waals surface area contributed by atoms with E-state index >= 15 is 0 Å². The lowest BCUT2D eigenvalue weighted by atomic mass is 10.2. The van der Waals surface area contributed by atoms with Gasteiger partial charge in [-0.05, 0) is 24.3 Å². The van der Waals surface area contributed by atoms with Crippen molar-refractivity contribution in [3.8, 4) is 0 Å². The maximum atomic E-state index is 12.3. The van der Waals surface area contributed by atoms with Gasteiger partial charge < -0.3 is 9.32 Å². The third kappa shape index (κ3) is 3.23. The second-order valence-electron chi connectivity index (χ2n) is 5.20. The van der Waals surface area contributed by atoms with Crippen LogP contribution in [0.1, 0.15) is 20.9 Å². The van der Waals surface area contributed by atoms with Gasteiger partial charge in [0.2, 0.25) is 5.78 Å². The van der Waals surface area contributed by atoms with E-state index in [4.69, 9.17) is 4.42 Å². The van der Waals surface area contributed by atoms with Gasteiger partial charge >= 0.3 is 0 Å². The summed E-state index contributed by atoms with van der Waals surface area (Å²) in [7, 11) is 0. The highest BCUT2D eigenvalue weighted by Gasteiger charge is 2.24. The first kappa shape index (κ1) is 14.5. The Morgan fingerprint density at radius 2 is 1.82 bits per heavy atom. The summed E-state index contributed by atoms with van der Waals surface area (Å²) in [4.78, 5) is 32.1. The van der Waals surface area contributed by atoms with Crippen molar-refractivity contribution in [2.45, 2.75) is 0 Å². The average molecular weight is 299 g/mol. The number of aromatic nitrogens is 1. The fourth-order valence-corrected chi connectivity index (χ4v) is 2.50. The molecule has 6 heteroatoms. The molecule has 0 bridgehead atoms. The van der Waals surface area contributed by atoms with Crippen LogP contribution in [0.5, 0.6) is 0 Å². The van der Waals surface area contributed by atoms with Gasteiger partial charge in [0.1, 0.15) is 0 Å². The topological polar surface area (TPSA) is 66.7 Å². The number of rotatable bonds is 4. The molecule has 1 aliphatic rings. The second-order valence-corrected chi connectivity index (χ2v) is 5.20. The zero-order valence-electron chi connectivity index (χ0n) is 12.1. The summed E-state index contributed by atoms with van der Waals surface area (Å²) < 4.78 is 5.11. The highest BCUT2D eigenvalue weighted by Crippen LogP contribution is 2.09. The first-order chi connectivity index (χ1) is 10.7. The summed E-state index contributed by atoms with van der Waals surface area (Å²) in [6, 6.07) is 6.81. The first-order valence-corrected chi connectivity index (χ1v) is 7.22. The van der Waals surface area contributed by atoms with Gasteiger partial charge in [-0.15, -0.1) is 0 Å². The van der Waals surface area contributed by atoms with E-state index in [1.165, 1.54) is 6.26 Å². The highest BCUT2D eigenvalue weighted by molar-refractivity contribution is 5.95. The molecular weight excluding hydrogens is 282 g/mol. The van der Waals surface area contributed by atoms with Crippen molar-refractivity contribution in [3.63, 3.8) is 0 Å². The molecule has 1 fully saturated rings. The van der Waals surface area contributed by atoms with E-state index in [1.807, 2.05) is 9.80 Å². The Labute approximate surface area is 128 Å². The molecule has 2 aromatic heterocycles. The summed E-state index contributed by atoms with van der Waals surface area (Å²) in [5, 5.41) is 0. The van der Waals surface area contributed by atoms with E-state index in [1.54, 1.807) is 36.7 Å². The van der Waals surface area contributed by atoms with E-state index in [0.717, 1.165) is 0 Å². The summed E-state index contributed by atoms with van der Waals surface area (Å²) in [6.07, 6.45) is 4.73. The molecule has 1 aliphatic heterocycles. The summed E-state index contributed by atoms with van der Waals surface area (Å²) >= 11 is 0. The summed E-state index contributed by atoms with van der Waals surface area (Å²) in [6.45, 7) is 2.93. The Kier molecular flexibility index (Phi) is 4.29. The van der Waals surface area contributed by atoms with Gasteiger partial charge in [0.15, 0.2) is 5.76 Å². The van der Waals surface area contributed by atoms with Crippen molar-refractivity contribution < 1.29 is 14.0 Å². The third-order valence-electron chi connectivity index (χ3n) is 3.75. The molecule has 0 N–H and O–H groups in total. The van der Waals surface area contributed by atoms with Crippen LogP contribution in [0.3, 0.4) is 0 Å². The van der Waals surface area contributed by atoms with E-state index in [9.17, 15) is 9.59 Å². The van der Waals surface area contributed by atoms with E-state index < -0.39 is 0 Å². The normalized spacial score (nSPS) is 15.7. The van der Waals surface area contributed by atoms with E-state index in [0.29, 0.717) is 44.0 Å². The lowest BCUT2D eigenvalue weighted by molar-refractivity contribution is 0.0620. The fraction of sp³-hybridized carbons (Fsp3) is 0.312. The van der Waals surface area contributed by atoms with Crippen LogP contribution in [0.4, 0.5) is 0 Å². The smallest absolute Gasteiger partial charge is 0.254 e. The predicted molar refractivity (Wildman–Crippen MR) is 79.6 cm³/mol. The van der Waals surface area contributed by atoms with Crippen LogP contribution >= 0.6 is 0 Å². The number of Topliss-reactive ketones (excluding diaryl/α,β-unsaturated/α-hetero) is 1. The molecule has 3 heterocycles. The largest absolute Gasteiger partial charge is 0.461 e. The lowest BCUT2D eigenvalue weighted by Gasteiger charge is -2.34. The molecule has 0 atom stereocenters. The fourth-order valence-electron chi connectivity index (χ4n) is 2.50. The molecule has 114 valence electrons. The molecule has 22 heavy (non-hydrogen) atoms. The van der Waals surface area contributed by atoms with Crippen molar-refractivity contribution in [2.24, 2.45) is 0 Å². The Bertz CT molecular complexity index is 632. The number of piperazine rings is 1. The maximum absolute atomic E-state index is 12.3. The van der Waals surface area contributed by atoms with Crippen LogP contribution < -0.4 is 0 Å². The number of hydrogen-bond donors (Lipinski definition) is 0. The Balaban J connectivity index is 1.52. The number of ketones is 1. The van der Waals surface area contributed by atoms with Crippen LogP contribution in [0.25, 0.3) is 0 Å². The Morgan fingerprint density at radius 1 is 1.09 bits per heavy atom. The molecule has 0 spiro atoms. The van der Waals surface area contributed by atoms with Crippen LogP contribution in [-0.2, 0) is 0 Å². The van der Waals surface area contributed by atoms with Gasteiger partial charge in [0.25, 0.3) is 5.91 Å². The number of furan rings is 1. The summed E-state index contributed by atoms with van der Waals surface area (Å²) in [5.74, 6) is 0.369. The predicted octanol–water partition coefficient (Wildman–Crippen LogP) is 1.32. The quantitative estimate of drug-likeness (QED) is 0.797. The molecule has 6 nitrogen and oxygen atoms in total. The van der Waals surface area contributed by atoms with Gasteiger partial charge in [-0.1, -0.05) is 0 Å². The molecule has 0 aliphatic carbocycles. The average Bonchev–Trinajstić information content (AvgIpc) is 3.10. The van der Waals surface area contributed by atoms with Gasteiger partial charge in [-0.3, -0.25) is 19.5 Å². The molecule has 0 aromatic carbocycles. The maximum Gasteiger partial charge on any atom is 0.254 e. The van der Waals surface area contributed by atoms with Crippen LogP contribution in [0.15, 0.2) is 47.3 Å². The number of hydrogen-bond acceptors (Lipinski definition) is 5. The highest BCUT2D eigenvalue weighted by atomic mass is 16.3. The van der Waals surface area contributed by atoms with Crippen LogP contribution in [-0.4, -0.2) is 59.2 Å². The minimum absolute atomic E-state index is 0.0133. The summed E-state index contributed by atoms with van der Waals surface area (Å²) in [5.41, 5.74) is 0.648.